The summed E-state index contributed by atoms with van der Waals surface area (Å²) in [5.41, 5.74) is 6.40. The zero-order valence-corrected chi connectivity index (χ0v) is 25.6. The number of carbonyl (C=O) groups excluding carboxylic acids is 1. The number of phenols is 1. The number of phenolic OH excluding ortho intramolecular Hbond substituents is 1. The Labute approximate surface area is 267 Å². The molecule has 244 valence electrons. The van der Waals surface area contributed by atoms with Crippen molar-refractivity contribution in [1.82, 2.24) is 9.88 Å². The number of rotatable bonds is 11. The fourth-order valence-corrected chi connectivity index (χ4v) is 4.55. The molecule has 0 unspecified atom stereocenters. The summed E-state index contributed by atoms with van der Waals surface area (Å²) in [5.74, 6) is -7.15. The third-order valence-electron chi connectivity index (χ3n) is 6.91. The molecule has 1 aliphatic rings. The highest BCUT2D eigenvalue weighted by atomic mass is 19.1. The van der Waals surface area contributed by atoms with Crippen molar-refractivity contribution in [2.75, 3.05) is 41.5 Å². The second-order valence-electron chi connectivity index (χ2n) is 9.94. The van der Waals surface area contributed by atoms with Crippen LogP contribution in [0.2, 0.25) is 0 Å². The molecule has 0 atom stereocenters. The molecule has 0 bridgehead atoms. The molecule has 2 heterocycles. The van der Waals surface area contributed by atoms with E-state index in [1.807, 2.05) is 11.9 Å². The van der Waals surface area contributed by atoms with E-state index >= 15 is 8.78 Å². The molecule has 1 aromatic heterocycles. The number of carbonyl (C=O) groups is 1. The first-order valence-corrected chi connectivity index (χ1v) is 13.8. The van der Waals surface area contributed by atoms with Gasteiger partial charge in [-0.05, 0) is 42.5 Å². The normalized spacial score (nSPS) is 12.3. The highest BCUT2D eigenvalue weighted by Crippen LogP contribution is 2.46. The van der Waals surface area contributed by atoms with E-state index in [0.29, 0.717) is 17.9 Å². The van der Waals surface area contributed by atoms with Crippen LogP contribution < -0.4 is 29.4 Å². The Morgan fingerprint density at radius 3 is 2.15 bits per heavy atom. The van der Waals surface area contributed by atoms with E-state index in [0.717, 1.165) is 6.54 Å². The van der Waals surface area contributed by atoms with Crippen molar-refractivity contribution in [1.29, 1.82) is 5.41 Å². The number of nitrogens with one attached hydrogen (secondary N) is 1. The predicted octanol–water partition coefficient (Wildman–Crippen LogP) is 5.22. The maximum Gasteiger partial charge on any atom is 0.338 e. The summed E-state index contributed by atoms with van der Waals surface area (Å²) in [4.78, 5) is 22.5. The fourth-order valence-electron chi connectivity index (χ4n) is 4.55. The Bertz CT molecular complexity index is 1880. The summed E-state index contributed by atoms with van der Waals surface area (Å²) >= 11 is 0. The minimum Gasteiger partial charge on any atom is -0.504 e. The first-order chi connectivity index (χ1) is 22.5. The SMILES string of the molecule is COC(=O)c1cc(OC)c(Oc2c(F)c(Oc3cccc(C4=NCCN4C)c3)nc(Oc3cc(C(=N)N)ccc3O)c2F)c(OC)c1. The van der Waals surface area contributed by atoms with Crippen LogP contribution in [0.5, 0.6) is 52.0 Å². The molecule has 3 aromatic carbocycles. The number of halogens is 2. The molecule has 1 aliphatic heterocycles. The van der Waals surface area contributed by atoms with Crippen LogP contribution in [-0.2, 0) is 4.74 Å². The zero-order valence-electron chi connectivity index (χ0n) is 25.6. The topological polar surface area (TPSA) is 171 Å². The molecule has 0 aliphatic carbocycles. The van der Waals surface area contributed by atoms with Crippen LogP contribution in [0.1, 0.15) is 21.5 Å². The van der Waals surface area contributed by atoms with Gasteiger partial charge in [-0.3, -0.25) is 10.4 Å². The number of hydrogen-bond donors (Lipinski definition) is 3. The van der Waals surface area contributed by atoms with Crippen molar-refractivity contribution < 1.29 is 47.1 Å². The molecule has 4 aromatic rings. The number of ether oxygens (including phenoxy) is 6. The van der Waals surface area contributed by atoms with Crippen LogP contribution in [0.3, 0.4) is 0 Å². The van der Waals surface area contributed by atoms with E-state index in [-0.39, 0.29) is 45.7 Å². The van der Waals surface area contributed by atoms with Gasteiger partial charge in [-0.25, -0.2) is 4.79 Å². The Morgan fingerprint density at radius 1 is 0.894 bits per heavy atom. The number of likely N-dealkylation sites (N-methyl/N-ethyl adjacent to an activating group) is 1. The number of amidine groups is 2. The summed E-state index contributed by atoms with van der Waals surface area (Å²) < 4.78 is 64.8. The molecule has 0 spiro atoms. The van der Waals surface area contributed by atoms with Gasteiger partial charge in [0, 0.05) is 24.7 Å². The predicted molar refractivity (Wildman–Crippen MR) is 165 cm³/mol. The summed E-state index contributed by atoms with van der Waals surface area (Å²) in [6.45, 7) is 1.33. The molecule has 15 heteroatoms. The van der Waals surface area contributed by atoms with Gasteiger partial charge in [0.05, 0.1) is 33.4 Å². The standard InChI is InChI=1S/C32H29F2N5O8/c1-39-11-10-37-29(39)17-6-5-7-19(12-17)45-30-24(33)27(47-26-22(42-2)14-18(32(41)44-4)15-23(26)43-3)25(34)31(38-30)46-21-13-16(28(35)36)8-9-20(21)40/h5-9,12-15,40H,10-11H2,1-4H3,(H3,35,36). The third-order valence-corrected chi connectivity index (χ3v) is 6.91. The number of nitrogens with two attached hydrogens (primary N) is 1. The van der Waals surface area contributed by atoms with Gasteiger partial charge < -0.3 is 44.2 Å². The zero-order chi connectivity index (χ0) is 33.8. The maximum atomic E-state index is 16.2. The van der Waals surface area contributed by atoms with Crippen molar-refractivity contribution >= 4 is 17.6 Å². The van der Waals surface area contributed by atoms with Gasteiger partial charge in [0.2, 0.25) is 23.1 Å². The first kappa shape index (κ1) is 32.3. The summed E-state index contributed by atoms with van der Waals surface area (Å²) in [6.07, 6.45) is 0. The number of aromatic nitrogens is 1. The lowest BCUT2D eigenvalue weighted by Gasteiger charge is -2.18. The minimum absolute atomic E-state index is 0.00971. The summed E-state index contributed by atoms with van der Waals surface area (Å²) in [5, 5.41) is 18.1. The highest BCUT2D eigenvalue weighted by Gasteiger charge is 2.29. The van der Waals surface area contributed by atoms with E-state index in [4.69, 9.17) is 39.6 Å². The monoisotopic (exact) mass is 649 g/mol. The molecule has 47 heavy (non-hydrogen) atoms. The van der Waals surface area contributed by atoms with Crippen molar-refractivity contribution in [2.24, 2.45) is 10.7 Å². The molecule has 13 nitrogen and oxygen atoms in total. The molecular formula is C32H29F2N5O8. The van der Waals surface area contributed by atoms with Crippen LogP contribution in [0.15, 0.2) is 59.6 Å². The van der Waals surface area contributed by atoms with E-state index < -0.39 is 40.9 Å². The smallest absolute Gasteiger partial charge is 0.338 e. The molecule has 0 amide bonds. The number of benzene rings is 3. The van der Waals surface area contributed by atoms with E-state index in [2.05, 4.69) is 9.98 Å². The maximum absolute atomic E-state index is 16.2. The Hall–Kier alpha value is -6.12. The molecular weight excluding hydrogens is 620 g/mol. The fraction of sp³-hybridized carbons (Fsp3) is 0.188. The number of pyridine rings is 1. The lowest BCUT2D eigenvalue weighted by Crippen LogP contribution is -2.23. The van der Waals surface area contributed by atoms with Gasteiger partial charge in [-0.2, -0.15) is 13.8 Å². The van der Waals surface area contributed by atoms with Crippen LogP contribution in [-0.4, -0.2) is 74.1 Å². The van der Waals surface area contributed by atoms with Gasteiger partial charge in [0.15, 0.2) is 23.0 Å². The average molecular weight is 650 g/mol. The average Bonchev–Trinajstić information content (AvgIpc) is 3.51. The number of esters is 1. The van der Waals surface area contributed by atoms with Gasteiger partial charge in [-0.15, -0.1) is 0 Å². The lowest BCUT2D eigenvalue weighted by atomic mass is 10.2. The van der Waals surface area contributed by atoms with E-state index in [9.17, 15) is 9.90 Å². The van der Waals surface area contributed by atoms with Crippen LogP contribution in [0.4, 0.5) is 8.78 Å². The lowest BCUT2D eigenvalue weighted by molar-refractivity contribution is 0.0599. The van der Waals surface area contributed by atoms with Gasteiger partial charge in [0.1, 0.15) is 17.4 Å². The number of aliphatic imine (C=N–C) groups is 1. The number of methoxy groups -OCH3 is 3. The van der Waals surface area contributed by atoms with Crippen molar-refractivity contribution in [3.05, 3.63) is 82.9 Å². The second-order valence-corrected chi connectivity index (χ2v) is 9.94. The van der Waals surface area contributed by atoms with E-state index in [1.54, 1.807) is 18.2 Å². The number of hydrogen-bond acceptors (Lipinski definition) is 12. The number of aromatic hydroxyl groups is 1. The van der Waals surface area contributed by atoms with Crippen LogP contribution in [0.25, 0.3) is 0 Å². The molecule has 0 saturated carbocycles. The molecule has 4 N–H and O–H groups in total. The molecule has 0 radical (unpaired) electrons. The Kier molecular flexibility index (Phi) is 9.26. The summed E-state index contributed by atoms with van der Waals surface area (Å²) in [6, 6.07) is 12.8. The summed E-state index contributed by atoms with van der Waals surface area (Å²) in [7, 11) is 5.55. The molecule has 5 rings (SSSR count). The first-order valence-electron chi connectivity index (χ1n) is 13.8. The third kappa shape index (κ3) is 6.63. The van der Waals surface area contributed by atoms with Crippen LogP contribution in [0, 0.1) is 17.0 Å². The van der Waals surface area contributed by atoms with Crippen LogP contribution >= 0.6 is 0 Å². The van der Waals surface area contributed by atoms with E-state index in [1.165, 1.54) is 57.7 Å². The Morgan fingerprint density at radius 2 is 1.55 bits per heavy atom. The second kappa shape index (κ2) is 13.5. The Balaban J connectivity index is 1.64. The van der Waals surface area contributed by atoms with Gasteiger partial charge in [-0.1, -0.05) is 12.1 Å². The minimum atomic E-state index is -1.45. The van der Waals surface area contributed by atoms with Crippen molar-refractivity contribution in [3.63, 3.8) is 0 Å². The number of nitrogens with zero attached hydrogens (tertiary/aromatic N) is 3. The highest BCUT2D eigenvalue weighted by molar-refractivity contribution is 6.00. The quantitative estimate of drug-likeness (QED) is 0.111. The van der Waals surface area contributed by atoms with Gasteiger partial charge in [0.25, 0.3) is 11.8 Å². The molecule has 0 saturated heterocycles. The largest absolute Gasteiger partial charge is 0.504 e. The molecule has 0 fully saturated rings. The number of nitrogen functional groups attached to an aromatic ring is 1. The van der Waals surface area contributed by atoms with Gasteiger partial charge >= 0.3 is 5.97 Å². The van der Waals surface area contributed by atoms with Crippen molar-refractivity contribution in [2.45, 2.75) is 0 Å². The van der Waals surface area contributed by atoms with Crippen molar-refractivity contribution in [3.8, 4) is 52.0 Å².